The number of carbonyl (C=O) groups excluding carboxylic acids is 1. The summed E-state index contributed by atoms with van der Waals surface area (Å²) in [7, 11) is 0. The van der Waals surface area contributed by atoms with E-state index in [4.69, 9.17) is 63.9 Å². The fraction of sp³-hybridized carbons (Fsp3) is 0.417. The summed E-state index contributed by atoms with van der Waals surface area (Å²) < 4.78 is 27.2. The fourth-order valence-corrected chi connectivity index (χ4v) is 3.65. The maximum atomic E-state index is 12.0. The average Bonchev–Trinajstić information content (AvgIpc) is 2.79. The number of benzene rings is 2. The zero-order valence-corrected chi connectivity index (χ0v) is 20.9. The second kappa shape index (κ2) is 12.2. The highest BCUT2D eigenvalue weighted by atomic mass is 35.6. The summed E-state index contributed by atoms with van der Waals surface area (Å²) in [5.74, 6) is -1.26. The molecule has 1 aliphatic rings. The van der Waals surface area contributed by atoms with E-state index in [1.807, 2.05) is 60.7 Å². The van der Waals surface area contributed by atoms with Crippen LogP contribution in [0.15, 0.2) is 60.7 Å². The number of alkyl halides is 3. The van der Waals surface area contributed by atoms with Gasteiger partial charge in [-0.05, 0) is 18.1 Å². The number of halogens is 3. The lowest BCUT2D eigenvalue weighted by Gasteiger charge is -2.44. The zero-order valence-electron chi connectivity index (χ0n) is 18.7. The van der Waals surface area contributed by atoms with Crippen LogP contribution in [0, 0.1) is 5.41 Å². The molecule has 2 aromatic carbocycles. The van der Waals surface area contributed by atoms with Crippen molar-refractivity contribution in [2.75, 3.05) is 0 Å². The first-order valence-corrected chi connectivity index (χ1v) is 11.7. The second-order valence-corrected chi connectivity index (χ2v) is 10.0. The van der Waals surface area contributed by atoms with E-state index in [-0.39, 0.29) is 13.2 Å². The molecule has 10 heteroatoms. The lowest BCUT2D eigenvalue weighted by Crippen LogP contribution is -2.61. The highest BCUT2D eigenvalue weighted by Gasteiger charge is 2.50. The van der Waals surface area contributed by atoms with E-state index >= 15 is 0 Å². The maximum absolute atomic E-state index is 12.0. The van der Waals surface area contributed by atoms with Crippen molar-refractivity contribution >= 4 is 46.7 Å². The van der Waals surface area contributed by atoms with Crippen LogP contribution in [-0.4, -0.2) is 46.4 Å². The van der Waals surface area contributed by atoms with Crippen LogP contribution in [-0.2, 0) is 41.7 Å². The van der Waals surface area contributed by atoms with Crippen LogP contribution < -0.4 is 0 Å². The van der Waals surface area contributed by atoms with Crippen molar-refractivity contribution in [3.63, 3.8) is 0 Å². The molecule has 1 saturated heterocycles. The summed E-state index contributed by atoms with van der Waals surface area (Å²) in [5, 5.41) is 7.95. The van der Waals surface area contributed by atoms with E-state index in [1.165, 1.54) is 6.92 Å². The molecule has 0 aliphatic carbocycles. The first kappa shape index (κ1) is 26.7. The fourth-order valence-electron chi connectivity index (χ4n) is 3.52. The topological polar surface area (TPSA) is 87.1 Å². The minimum absolute atomic E-state index is 0.218. The highest BCUT2D eigenvalue weighted by Crippen LogP contribution is 2.34. The van der Waals surface area contributed by atoms with Gasteiger partial charge in [0.2, 0.25) is 12.2 Å². The van der Waals surface area contributed by atoms with Gasteiger partial charge in [0.1, 0.15) is 12.2 Å². The van der Waals surface area contributed by atoms with Gasteiger partial charge in [-0.15, -0.1) is 0 Å². The molecule has 0 bridgehead atoms. The summed E-state index contributed by atoms with van der Waals surface area (Å²) in [5.41, 5.74) is 1.87. The van der Waals surface area contributed by atoms with Crippen molar-refractivity contribution in [3.8, 4) is 0 Å². The van der Waals surface area contributed by atoms with E-state index in [0.29, 0.717) is 0 Å². The standard InChI is InChI=1S/C24H26Cl3NO6/c1-15-19(30-13-17-9-5-3-6-10-17)20(31-14-18-11-7-4-8-12-18)21(33-16(2)29)22(32-15)34-23(28)24(25,26)27/h3-12,15,19-22,28H,13-14H2,1-2H3/t15-,19-,20+,21+,22?/m0/s1. The summed E-state index contributed by atoms with van der Waals surface area (Å²) >= 11 is 17.3. The molecule has 5 atom stereocenters. The minimum atomic E-state index is -2.12. The Balaban J connectivity index is 1.86. The van der Waals surface area contributed by atoms with Gasteiger partial charge >= 0.3 is 5.97 Å². The van der Waals surface area contributed by atoms with Crippen LogP contribution in [0.4, 0.5) is 0 Å². The predicted molar refractivity (Wildman–Crippen MR) is 129 cm³/mol. The molecule has 34 heavy (non-hydrogen) atoms. The molecule has 1 fully saturated rings. The molecule has 0 aromatic heterocycles. The van der Waals surface area contributed by atoms with Gasteiger partial charge < -0.3 is 23.7 Å². The van der Waals surface area contributed by atoms with E-state index in [9.17, 15) is 4.79 Å². The van der Waals surface area contributed by atoms with Gasteiger partial charge in [-0.3, -0.25) is 10.2 Å². The van der Waals surface area contributed by atoms with Gasteiger partial charge in [0, 0.05) is 6.92 Å². The third-order valence-corrected chi connectivity index (χ3v) is 5.61. The summed E-state index contributed by atoms with van der Waals surface area (Å²) in [6, 6.07) is 19.1. The summed E-state index contributed by atoms with van der Waals surface area (Å²) in [4.78, 5) is 12.0. The zero-order chi connectivity index (χ0) is 24.7. The molecule has 1 unspecified atom stereocenters. The number of nitrogens with one attached hydrogen (secondary N) is 1. The second-order valence-electron chi connectivity index (χ2n) is 7.75. The lowest BCUT2D eigenvalue weighted by atomic mass is 9.98. The van der Waals surface area contributed by atoms with E-state index in [0.717, 1.165) is 11.1 Å². The lowest BCUT2D eigenvalue weighted by molar-refractivity contribution is -0.296. The average molecular weight is 531 g/mol. The van der Waals surface area contributed by atoms with Gasteiger partial charge in [0.15, 0.2) is 6.10 Å². The Morgan fingerprint density at radius 1 is 0.882 bits per heavy atom. The molecule has 0 saturated carbocycles. The van der Waals surface area contributed by atoms with E-state index in [2.05, 4.69) is 0 Å². The van der Waals surface area contributed by atoms with Crippen molar-refractivity contribution in [1.29, 1.82) is 5.41 Å². The minimum Gasteiger partial charge on any atom is -0.453 e. The van der Waals surface area contributed by atoms with Gasteiger partial charge in [0.05, 0.1) is 19.3 Å². The predicted octanol–water partition coefficient (Wildman–Crippen LogP) is 5.20. The first-order chi connectivity index (χ1) is 16.1. The van der Waals surface area contributed by atoms with E-state index in [1.54, 1.807) is 6.92 Å². The molecular formula is C24H26Cl3NO6. The molecule has 0 amide bonds. The van der Waals surface area contributed by atoms with Crippen LogP contribution in [0.3, 0.4) is 0 Å². The Labute approximate surface area is 213 Å². The molecule has 1 aliphatic heterocycles. The molecule has 184 valence electrons. The highest BCUT2D eigenvalue weighted by molar-refractivity contribution is 6.76. The van der Waals surface area contributed by atoms with Crippen LogP contribution in [0.1, 0.15) is 25.0 Å². The van der Waals surface area contributed by atoms with Crippen molar-refractivity contribution < 1.29 is 28.5 Å². The number of carbonyl (C=O) groups is 1. The first-order valence-electron chi connectivity index (χ1n) is 10.6. The molecule has 0 radical (unpaired) electrons. The Hall–Kier alpha value is -1.87. The van der Waals surface area contributed by atoms with Gasteiger partial charge in [-0.2, -0.15) is 0 Å². The smallest absolute Gasteiger partial charge is 0.303 e. The molecular weight excluding hydrogens is 505 g/mol. The Kier molecular flexibility index (Phi) is 9.59. The number of hydrogen-bond donors (Lipinski definition) is 1. The summed E-state index contributed by atoms with van der Waals surface area (Å²) in [6.07, 6.45) is -4.34. The molecule has 7 nitrogen and oxygen atoms in total. The Bertz CT molecular complexity index is 941. The normalized spacial score (nSPS) is 24.9. The van der Waals surface area contributed by atoms with Crippen LogP contribution in [0.25, 0.3) is 0 Å². The van der Waals surface area contributed by atoms with Gasteiger partial charge in [0.25, 0.3) is 3.79 Å². The van der Waals surface area contributed by atoms with Crippen molar-refractivity contribution in [2.45, 2.75) is 61.6 Å². The van der Waals surface area contributed by atoms with Crippen LogP contribution in [0.5, 0.6) is 0 Å². The quantitative estimate of drug-likeness (QED) is 0.219. The number of ether oxygens (including phenoxy) is 5. The van der Waals surface area contributed by atoms with Crippen molar-refractivity contribution in [1.82, 2.24) is 0 Å². The van der Waals surface area contributed by atoms with Crippen LogP contribution >= 0.6 is 34.8 Å². The SMILES string of the molecule is CC(=O)O[C@H]1C(OC(=N)C(Cl)(Cl)Cl)O[C@@H](C)[C@H](OCc2ccccc2)[C@H]1OCc1ccccc1. The van der Waals surface area contributed by atoms with Gasteiger partial charge in [-0.25, -0.2) is 0 Å². The number of hydrogen-bond acceptors (Lipinski definition) is 7. The Morgan fingerprint density at radius 3 is 1.85 bits per heavy atom. The molecule has 0 spiro atoms. The maximum Gasteiger partial charge on any atom is 0.303 e. The largest absolute Gasteiger partial charge is 0.453 e. The van der Waals surface area contributed by atoms with Crippen LogP contribution in [0.2, 0.25) is 0 Å². The molecule has 1 heterocycles. The summed E-state index contributed by atoms with van der Waals surface area (Å²) in [6.45, 7) is 3.53. The van der Waals surface area contributed by atoms with Crippen molar-refractivity contribution in [2.24, 2.45) is 0 Å². The number of esters is 1. The molecule has 1 N–H and O–H groups in total. The third kappa shape index (κ3) is 7.57. The van der Waals surface area contributed by atoms with Gasteiger partial charge in [-0.1, -0.05) is 95.5 Å². The van der Waals surface area contributed by atoms with Crippen molar-refractivity contribution in [3.05, 3.63) is 71.8 Å². The number of rotatable bonds is 8. The monoisotopic (exact) mass is 529 g/mol. The molecule has 3 rings (SSSR count). The molecule has 2 aromatic rings. The third-order valence-electron chi connectivity index (χ3n) is 5.09. The van der Waals surface area contributed by atoms with E-state index < -0.39 is 46.4 Å². The Morgan fingerprint density at radius 2 is 1.38 bits per heavy atom.